The van der Waals surface area contributed by atoms with Gasteiger partial charge in [0.25, 0.3) is 0 Å². The van der Waals surface area contributed by atoms with Crippen molar-refractivity contribution < 1.29 is 5.11 Å². The van der Waals surface area contributed by atoms with E-state index in [1.54, 1.807) is 18.3 Å². The van der Waals surface area contributed by atoms with Crippen LogP contribution >= 0.6 is 0 Å². The van der Waals surface area contributed by atoms with Crippen LogP contribution in [-0.4, -0.2) is 16.7 Å². The average Bonchev–Trinajstić information content (AvgIpc) is 2.25. The number of pyridine rings is 1. The number of aromatic amines is 1. The first-order valence-corrected chi connectivity index (χ1v) is 4.69. The fourth-order valence-corrected chi connectivity index (χ4v) is 1.47. The molecular formula is C12H11NO2. The number of hydrogen-bond donors (Lipinski definition) is 2. The summed E-state index contributed by atoms with van der Waals surface area (Å²) in [6.45, 7) is 0.0212. The first-order valence-electron chi connectivity index (χ1n) is 4.69. The quantitative estimate of drug-likeness (QED) is 0.774. The fourth-order valence-electron chi connectivity index (χ4n) is 1.47. The summed E-state index contributed by atoms with van der Waals surface area (Å²) in [7, 11) is 0. The van der Waals surface area contributed by atoms with Crippen molar-refractivity contribution in [2.24, 2.45) is 0 Å². The van der Waals surface area contributed by atoms with E-state index in [1.807, 2.05) is 24.3 Å². The van der Waals surface area contributed by atoms with Gasteiger partial charge in [0.15, 0.2) is 0 Å². The van der Waals surface area contributed by atoms with E-state index < -0.39 is 0 Å². The molecule has 3 nitrogen and oxygen atoms in total. The molecule has 0 spiro atoms. The number of benzene rings is 1. The molecule has 3 heteroatoms. The molecule has 0 saturated carbocycles. The minimum atomic E-state index is -0.106. The van der Waals surface area contributed by atoms with Gasteiger partial charge in [-0.1, -0.05) is 24.3 Å². The molecule has 1 aromatic heterocycles. The van der Waals surface area contributed by atoms with Crippen LogP contribution in [0, 0.1) is 0 Å². The standard InChI is InChI=1S/C12H11NO2/c14-5-1-2-9-3-4-10-8-13-12(15)7-11(10)6-9/h1-4,6-8,14H,5H2,(H,13,15). The summed E-state index contributed by atoms with van der Waals surface area (Å²) >= 11 is 0. The van der Waals surface area contributed by atoms with Crippen LogP contribution in [0.5, 0.6) is 0 Å². The van der Waals surface area contributed by atoms with Crippen molar-refractivity contribution in [2.45, 2.75) is 0 Å². The third-order valence-corrected chi connectivity index (χ3v) is 2.18. The highest BCUT2D eigenvalue weighted by Crippen LogP contribution is 2.13. The molecule has 0 atom stereocenters. The zero-order valence-electron chi connectivity index (χ0n) is 8.10. The smallest absolute Gasteiger partial charge is 0.248 e. The van der Waals surface area contributed by atoms with E-state index in [-0.39, 0.29) is 12.2 Å². The molecule has 0 aliphatic heterocycles. The van der Waals surface area contributed by atoms with Crippen LogP contribution in [0.25, 0.3) is 16.8 Å². The van der Waals surface area contributed by atoms with Gasteiger partial charge in [-0.25, -0.2) is 0 Å². The number of rotatable bonds is 2. The van der Waals surface area contributed by atoms with Crippen LogP contribution in [0.4, 0.5) is 0 Å². The SMILES string of the molecule is O=c1cc2cc(C=CCO)ccc2c[nH]1. The summed E-state index contributed by atoms with van der Waals surface area (Å²) in [4.78, 5) is 13.7. The van der Waals surface area contributed by atoms with E-state index in [1.165, 1.54) is 0 Å². The third kappa shape index (κ3) is 2.14. The normalized spacial score (nSPS) is 11.3. The molecule has 0 amide bonds. The summed E-state index contributed by atoms with van der Waals surface area (Å²) < 4.78 is 0. The van der Waals surface area contributed by atoms with E-state index in [0.717, 1.165) is 16.3 Å². The summed E-state index contributed by atoms with van der Waals surface area (Å²) in [6, 6.07) is 7.34. The van der Waals surface area contributed by atoms with Crippen molar-refractivity contribution in [3.8, 4) is 0 Å². The van der Waals surface area contributed by atoms with Crippen LogP contribution in [-0.2, 0) is 0 Å². The van der Waals surface area contributed by atoms with Crippen LogP contribution in [0.3, 0.4) is 0 Å². The first-order chi connectivity index (χ1) is 7.29. The fraction of sp³-hybridized carbons (Fsp3) is 0.0833. The Hall–Kier alpha value is -1.87. The number of fused-ring (bicyclic) bond motifs is 1. The highest BCUT2D eigenvalue weighted by Gasteiger charge is 1.94. The third-order valence-electron chi connectivity index (χ3n) is 2.18. The van der Waals surface area contributed by atoms with Crippen molar-refractivity contribution in [1.29, 1.82) is 0 Å². The maximum Gasteiger partial charge on any atom is 0.248 e. The zero-order chi connectivity index (χ0) is 10.7. The van der Waals surface area contributed by atoms with Gasteiger partial charge in [-0.3, -0.25) is 4.79 Å². The zero-order valence-corrected chi connectivity index (χ0v) is 8.10. The van der Waals surface area contributed by atoms with Gasteiger partial charge in [-0.15, -0.1) is 0 Å². The molecule has 0 bridgehead atoms. The van der Waals surface area contributed by atoms with Crippen LogP contribution in [0.2, 0.25) is 0 Å². The Kier molecular flexibility index (Phi) is 2.65. The molecule has 15 heavy (non-hydrogen) atoms. The van der Waals surface area contributed by atoms with Crippen LogP contribution in [0.15, 0.2) is 41.3 Å². The summed E-state index contributed by atoms with van der Waals surface area (Å²) in [5.74, 6) is 0. The summed E-state index contributed by atoms with van der Waals surface area (Å²) in [5, 5.41) is 10.5. The van der Waals surface area contributed by atoms with E-state index in [9.17, 15) is 4.79 Å². The second-order valence-electron chi connectivity index (χ2n) is 3.27. The number of aliphatic hydroxyl groups excluding tert-OH is 1. The summed E-state index contributed by atoms with van der Waals surface area (Å²) in [6.07, 6.45) is 5.17. The Morgan fingerprint density at radius 2 is 2.13 bits per heavy atom. The van der Waals surface area contributed by atoms with Crippen molar-refractivity contribution in [1.82, 2.24) is 4.98 Å². The van der Waals surface area contributed by atoms with E-state index in [2.05, 4.69) is 4.98 Å². The minimum Gasteiger partial charge on any atom is -0.392 e. The number of aliphatic hydroxyl groups is 1. The molecule has 0 unspecified atom stereocenters. The van der Waals surface area contributed by atoms with Crippen molar-refractivity contribution in [2.75, 3.05) is 6.61 Å². The lowest BCUT2D eigenvalue weighted by Crippen LogP contribution is -2.01. The lowest BCUT2D eigenvalue weighted by molar-refractivity contribution is 0.343. The second-order valence-corrected chi connectivity index (χ2v) is 3.27. The predicted octanol–water partition coefficient (Wildman–Crippen LogP) is 1.53. The average molecular weight is 201 g/mol. The number of nitrogens with one attached hydrogen (secondary N) is 1. The van der Waals surface area contributed by atoms with Crippen molar-refractivity contribution in [3.63, 3.8) is 0 Å². The molecule has 0 aliphatic rings. The predicted molar refractivity (Wildman–Crippen MR) is 60.7 cm³/mol. The Labute approximate surface area is 86.7 Å². The topological polar surface area (TPSA) is 53.1 Å². The van der Waals surface area contributed by atoms with Gasteiger partial charge >= 0.3 is 0 Å². The Morgan fingerprint density at radius 1 is 1.27 bits per heavy atom. The van der Waals surface area contributed by atoms with Gasteiger partial charge in [-0.2, -0.15) is 0 Å². The largest absolute Gasteiger partial charge is 0.392 e. The Balaban J connectivity index is 2.54. The molecule has 76 valence electrons. The maximum atomic E-state index is 11.1. The van der Waals surface area contributed by atoms with Crippen LogP contribution in [0.1, 0.15) is 5.56 Å². The van der Waals surface area contributed by atoms with Crippen molar-refractivity contribution >= 4 is 16.8 Å². The number of aromatic nitrogens is 1. The summed E-state index contributed by atoms with van der Waals surface area (Å²) in [5.41, 5.74) is 0.868. The van der Waals surface area contributed by atoms with Gasteiger partial charge in [-0.05, 0) is 22.4 Å². The second kappa shape index (κ2) is 4.11. The van der Waals surface area contributed by atoms with Gasteiger partial charge < -0.3 is 10.1 Å². The first kappa shape index (κ1) is 9.68. The van der Waals surface area contributed by atoms with E-state index >= 15 is 0 Å². The molecular weight excluding hydrogens is 190 g/mol. The Morgan fingerprint density at radius 3 is 2.93 bits per heavy atom. The van der Waals surface area contributed by atoms with Crippen molar-refractivity contribution in [3.05, 3.63) is 52.5 Å². The van der Waals surface area contributed by atoms with Gasteiger partial charge in [0.1, 0.15) is 0 Å². The molecule has 2 aromatic rings. The number of hydrogen-bond acceptors (Lipinski definition) is 2. The van der Waals surface area contributed by atoms with Gasteiger partial charge in [0, 0.05) is 12.3 Å². The molecule has 0 aliphatic carbocycles. The van der Waals surface area contributed by atoms with Gasteiger partial charge in [0.2, 0.25) is 5.56 Å². The lowest BCUT2D eigenvalue weighted by atomic mass is 10.1. The molecule has 0 fully saturated rings. The van der Waals surface area contributed by atoms with E-state index in [0.29, 0.717) is 0 Å². The molecule has 1 heterocycles. The van der Waals surface area contributed by atoms with Crippen LogP contribution < -0.4 is 5.56 Å². The Bertz CT molecular complexity index is 555. The lowest BCUT2D eigenvalue weighted by Gasteiger charge is -1.98. The molecule has 0 radical (unpaired) electrons. The van der Waals surface area contributed by atoms with E-state index in [4.69, 9.17) is 5.11 Å². The molecule has 2 rings (SSSR count). The maximum absolute atomic E-state index is 11.1. The minimum absolute atomic E-state index is 0.0212. The highest BCUT2D eigenvalue weighted by molar-refractivity contribution is 5.83. The molecule has 2 N–H and O–H groups in total. The highest BCUT2D eigenvalue weighted by atomic mass is 16.2. The molecule has 0 saturated heterocycles. The monoisotopic (exact) mass is 201 g/mol. The molecule has 1 aromatic carbocycles. The number of H-pyrrole nitrogens is 1. The van der Waals surface area contributed by atoms with Gasteiger partial charge in [0.05, 0.1) is 6.61 Å².